The number of likely N-dealkylation sites (N-methyl/N-ethyl adjacent to an activating group) is 1. The van der Waals surface area contributed by atoms with Crippen molar-refractivity contribution < 1.29 is 15.0 Å². The Kier molecular flexibility index (Phi) is 5.09. The van der Waals surface area contributed by atoms with Gasteiger partial charge in [-0.1, -0.05) is 18.2 Å². The quantitative estimate of drug-likeness (QED) is 0.700. The highest BCUT2D eigenvalue weighted by Gasteiger charge is 2.11. The zero-order valence-electron chi connectivity index (χ0n) is 14.7. The first-order valence-corrected chi connectivity index (χ1v) is 8.25. The number of carboxylic acid groups (broad SMARTS) is 1. The number of hydrogen-bond acceptors (Lipinski definition) is 6. The molecule has 0 saturated carbocycles. The first-order valence-electron chi connectivity index (χ1n) is 8.25. The fourth-order valence-electron chi connectivity index (χ4n) is 2.87. The lowest BCUT2D eigenvalue weighted by Crippen LogP contribution is -2.26. The number of rotatable bonds is 6. The van der Waals surface area contributed by atoms with Crippen molar-refractivity contribution in [3.8, 4) is 11.3 Å². The first-order chi connectivity index (χ1) is 12.5. The number of hydrogen-bond donors (Lipinski definition) is 2. The van der Waals surface area contributed by atoms with Gasteiger partial charge in [-0.3, -0.25) is 4.79 Å². The summed E-state index contributed by atoms with van der Waals surface area (Å²) < 4.78 is 0. The Labute approximate surface area is 151 Å². The topological polar surface area (TPSA) is 99.4 Å². The number of aryl methyl sites for hydroxylation is 1. The molecule has 0 unspecified atom stereocenters. The number of carbonyl (C=O) groups is 1. The van der Waals surface area contributed by atoms with Crippen molar-refractivity contribution in [1.29, 1.82) is 0 Å². The number of fused-ring (bicyclic) bond motifs is 1. The van der Waals surface area contributed by atoms with Gasteiger partial charge in [0.15, 0.2) is 0 Å². The highest BCUT2D eigenvalue weighted by molar-refractivity contribution is 5.87. The Morgan fingerprint density at radius 2 is 1.96 bits per heavy atom. The summed E-state index contributed by atoms with van der Waals surface area (Å²) in [6.45, 7) is 1.92. The van der Waals surface area contributed by atoms with Gasteiger partial charge in [0.25, 0.3) is 0 Å². The molecule has 0 aliphatic carbocycles. The number of aliphatic carboxylic acids is 1. The van der Waals surface area contributed by atoms with Crippen molar-refractivity contribution in [2.45, 2.75) is 13.3 Å². The van der Waals surface area contributed by atoms with E-state index in [1.807, 2.05) is 31.2 Å². The fraction of sp³-hybridized carbons (Fsp3) is 0.263. The van der Waals surface area contributed by atoms with Gasteiger partial charge in [0.2, 0.25) is 5.95 Å². The number of para-hydroxylation sites is 1. The minimum atomic E-state index is -0.941. The monoisotopic (exact) mass is 352 g/mol. The molecule has 0 radical (unpaired) electrons. The predicted molar refractivity (Wildman–Crippen MR) is 99.2 cm³/mol. The molecule has 0 fully saturated rings. The van der Waals surface area contributed by atoms with Crippen molar-refractivity contribution in [3.05, 3.63) is 47.8 Å². The average molecular weight is 352 g/mol. The van der Waals surface area contributed by atoms with Gasteiger partial charge < -0.3 is 15.1 Å². The number of aromatic nitrogens is 3. The maximum atomic E-state index is 10.8. The number of benzene rings is 1. The van der Waals surface area contributed by atoms with Crippen LogP contribution in [0.1, 0.15) is 11.1 Å². The maximum absolute atomic E-state index is 10.8. The molecule has 1 aromatic carbocycles. The van der Waals surface area contributed by atoms with E-state index in [4.69, 9.17) is 10.1 Å². The molecule has 3 aromatic rings. The van der Waals surface area contributed by atoms with E-state index in [2.05, 4.69) is 9.97 Å². The second-order valence-corrected chi connectivity index (χ2v) is 6.13. The predicted octanol–water partition coefficient (Wildman–Crippen LogP) is 2.06. The van der Waals surface area contributed by atoms with Crippen LogP contribution in [0.15, 0.2) is 36.7 Å². The zero-order valence-corrected chi connectivity index (χ0v) is 14.7. The molecule has 0 atom stereocenters. The van der Waals surface area contributed by atoms with Gasteiger partial charge in [0, 0.05) is 37.0 Å². The summed E-state index contributed by atoms with van der Waals surface area (Å²) in [7, 11) is 1.63. The Morgan fingerprint density at radius 1 is 1.23 bits per heavy atom. The molecule has 26 heavy (non-hydrogen) atoms. The summed E-state index contributed by atoms with van der Waals surface area (Å²) in [6.07, 6.45) is 3.83. The number of nitrogens with zero attached hydrogens (tertiary/aromatic N) is 4. The summed E-state index contributed by atoms with van der Waals surface area (Å²) in [5.74, 6) is -0.599. The van der Waals surface area contributed by atoms with Crippen molar-refractivity contribution in [2.24, 2.45) is 0 Å². The number of aliphatic hydroxyl groups excluding tert-OH is 1. The lowest BCUT2D eigenvalue weighted by molar-refractivity contribution is -0.135. The fourth-order valence-corrected chi connectivity index (χ4v) is 2.87. The molecule has 0 spiro atoms. The summed E-state index contributed by atoms with van der Waals surface area (Å²) in [6, 6.07) is 7.93. The molecule has 2 heterocycles. The molecular formula is C19H20N4O3. The normalized spacial score (nSPS) is 10.9. The minimum Gasteiger partial charge on any atom is -0.480 e. The van der Waals surface area contributed by atoms with Gasteiger partial charge in [0.1, 0.15) is 6.54 Å². The smallest absolute Gasteiger partial charge is 0.323 e. The third kappa shape index (κ3) is 3.62. The summed E-state index contributed by atoms with van der Waals surface area (Å²) in [5, 5.41) is 19.2. The van der Waals surface area contributed by atoms with Crippen LogP contribution in [-0.2, 0) is 11.2 Å². The van der Waals surface area contributed by atoms with E-state index in [1.165, 1.54) is 4.90 Å². The van der Waals surface area contributed by atoms with Crippen LogP contribution >= 0.6 is 0 Å². The third-order valence-corrected chi connectivity index (χ3v) is 4.16. The highest BCUT2D eigenvalue weighted by atomic mass is 16.4. The van der Waals surface area contributed by atoms with Crippen LogP contribution in [0.4, 0.5) is 5.95 Å². The van der Waals surface area contributed by atoms with Crippen LogP contribution in [0.3, 0.4) is 0 Å². The number of carboxylic acids is 1. The van der Waals surface area contributed by atoms with E-state index in [0.29, 0.717) is 12.4 Å². The van der Waals surface area contributed by atoms with Gasteiger partial charge in [0.05, 0.1) is 11.2 Å². The van der Waals surface area contributed by atoms with Crippen LogP contribution in [0.2, 0.25) is 0 Å². The molecule has 0 bridgehead atoms. The van der Waals surface area contributed by atoms with E-state index in [0.717, 1.165) is 33.3 Å². The van der Waals surface area contributed by atoms with Crippen molar-refractivity contribution >= 4 is 22.8 Å². The lowest BCUT2D eigenvalue weighted by Gasteiger charge is -2.14. The van der Waals surface area contributed by atoms with Gasteiger partial charge in [-0.25, -0.2) is 15.0 Å². The molecule has 0 amide bonds. The second kappa shape index (κ2) is 7.45. The minimum absolute atomic E-state index is 0.0673. The van der Waals surface area contributed by atoms with Crippen molar-refractivity contribution in [1.82, 2.24) is 15.0 Å². The van der Waals surface area contributed by atoms with Gasteiger partial charge in [-0.2, -0.15) is 0 Å². The van der Waals surface area contributed by atoms with E-state index in [1.54, 1.807) is 19.4 Å². The molecular weight excluding hydrogens is 332 g/mol. The summed E-state index contributed by atoms with van der Waals surface area (Å²) in [4.78, 5) is 25.5. The van der Waals surface area contributed by atoms with Crippen molar-refractivity contribution in [3.63, 3.8) is 0 Å². The molecule has 2 aromatic heterocycles. The van der Waals surface area contributed by atoms with E-state index >= 15 is 0 Å². The Balaban J connectivity index is 2.00. The molecule has 7 nitrogen and oxygen atoms in total. The zero-order chi connectivity index (χ0) is 18.7. The molecule has 134 valence electrons. The van der Waals surface area contributed by atoms with Crippen LogP contribution in [0.5, 0.6) is 0 Å². The number of pyridine rings is 1. The molecule has 7 heteroatoms. The van der Waals surface area contributed by atoms with Gasteiger partial charge >= 0.3 is 5.97 Å². The van der Waals surface area contributed by atoms with E-state index in [-0.39, 0.29) is 13.2 Å². The Morgan fingerprint density at radius 3 is 2.62 bits per heavy atom. The summed E-state index contributed by atoms with van der Waals surface area (Å²) >= 11 is 0. The molecule has 0 saturated heterocycles. The molecule has 0 aliphatic rings. The molecule has 2 N–H and O–H groups in total. The number of aliphatic hydroxyl groups is 1. The van der Waals surface area contributed by atoms with E-state index in [9.17, 15) is 9.90 Å². The SMILES string of the molecule is Cc1cc(-c2cnc(N(C)CC(=O)O)nc2)nc2c(CCO)cccc12. The third-order valence-electron chi connectivity index (χ3n) is 4.16. The van der Waals surface area contributed by atoms with Crippen LogP contribution in [0.25, 0.3) is 22.2 Å². The largest absolute Gasteiger partial charge is 0.480 e. The van der Waals surface area contributed by atoms with Gasteiger partial charge in [-0.05, 0) is 30.5 Å². The standard InChI is InChI=1S/C19H20N4O3/c1-12-8-16(22-18-13(6-7-24)4-3-5-15(12)18)14-9-20-19(21-10-14)23(2)11-17(25)26/h3-5,8-10,24H,6-7,11H2,1-2H3,(H,25,26). The maximum Gasteiger partial charge on any atom is 0.323 e. The lowest BCUT2D eigenvalue weighted by atomic mass is 10.0. The second-order valence-electron chi connectivity index (χ2n) is 6.13. The van der Waals surface area contributed by atoms with Crippen LogP contribution < -0.4 is 4.90 Å². The van der Waals surface area contributed by atoms with Crippen LogP contribution in [-0.4, -0.2) is 51.3 Å². The Bertz CT molecular complexity index is 941. The number of anilines is 1. The first kappa shape index (κ1) is 17.8. The van der Waals surface area contributed by atoms with Crippen molar-refractivity contribution in [2.75, 3.05) is 25.1 Å². The van der Waals surface area contributed by atoms with E-state index < -0.39 is 5.97 Å². The average Bonchev–Trinajstić information content (AvgIpc) is 2.62. The highest BCUT2D eigenvalue weighted by Crippen LogP contribution is 2.26. The summed E-state index contributed by atoms with van der Waals surface area (Å²) in [5.41, 5.74) is 4.43. The molecule has 0 aliphatic heterocycles. The molecule has 3 rings (SSSR count). The van der Waals surface area contributed by atoms with Gasteiger partial charge in [-0.15, -0.1) is 0 Å². The Hall–Kier alpha value is -3.06. The van der Waals surface area contributed by atoms with Crippen LogP contribution in [0, 0.1) is 6.92 Å².